The lowest BCUT2D eigenvalue weighted by Crippen LogP contribution is -2.36. The molecule has 0 saturated heterocycles. The van der Waals surface area contributed by atoms with Crippen LogP contribution in [-0.2, 0) is 6.42 Å². The average Bonchev–Trinajstić information content (AvgIpc) is 3.22. The van der Waals surface area contributed by atoms with Gasteiger partial charge in [-0.25, -0.2) is 0 Å². The topological polar surface area (TPSA) is 12.0 Å². The molecule has 1 atom stereocenters. The molecule has 0 aromatic heterocycles. The third-order valence-corrected chi connectivity index (χ3v) is 4.86. The van der Waals surface area contributed by atoms with Gasteiger partial charge in [-0.3, -0.25) is 0 Å². The Morgan fingerprint density at radius 1 is 1.22 bits per heavy atom. The first kappa shape index (κ1) is 12.5. The molecule has 3 rings (SSSR count). The van der Waals surface area contributed by atoms with Crippen LogP contribution in [0.15, 0.2) is 24.3 Å². The van der Waals surface area contributed by atoms with Gasteiger partial charge >= 0.3 is 0 Å². The smallest absolute Gasteiger partial charge is 0.0438 e. The molecule has 18 heavy (non-hydrogen) atoms. The minimum absolute atomic E-state index is 0.383. The molecule has 0 radical (unpaired) electrons. The van der Waals surface area contributed by atoms with E-state index in [1.807, 2.05) is 12.1 Å². The lowest BCUT2D eigenvalue weighted by molar-refractivity contribution is 0.255. The van der Waals surface area contributed by atoms with Crippen LogP contribution in [0, 0.1) is 11.3 Å². The van der Waals surface area contributed by atoms with Gasteiger partial charge in [0.05, 0.1) is 0 Å². The van der Waals surface area contributed by atoms with Gasteiger partial charge < -0.3 is 5.32 Å². The van der Waals surface area contributed by atoms with Gasteiger partial charge in [-0.1, -0.05) is 36.7 Å². The molecule has 2 aliphatic rings. The van der Waals surface area contributed by atoms with E-state index in [9.17, 15) is 0 Å². The van der Waals surface area contributed by atoms with Gasteiger partial charge in [0.15, 0.2) is 0 Å². The van der Waals surface area contributed by atoms with Crippen molar-refractivity contribution in [2.45, 2.75) is 45.1 Å². The molecular formula is C16H22ClN. The number of benzene rings is 1. The van der Waals surface area contributed by atoms with E-state index in [-0.39, 0.29) is 0 Å². The van der Waals surface area contributed by atoms with Gasteiger partial charge in [-0.15, -0.1) is 0 Å². The first-order valence-corrected chi connectivity index (χ1v) is 7.52. The molecule has 1 aromatic carbocycles. The minimum atomic E-state index is 0.383. The zero-order valence-corrected chi connectivity index (χ0v) is 11.8. The van der Waals surface area contributed by atoms with Crippen molar-refractivity contribution < 1.29 is 0 Å². The van der Waals surface area contributed by atoms with Gasteiger partial charge in [0.1, 0.15) is 0 Å². The Bertz CT molecular complexity index is 423. The largest absolute Gasteiger partial charge is 0.313 e. The fourth-order valence-electron chi connectivity index (χ4n) is 2.87. The highest BCUT2D eigenvalue weighted by Crippen LogP contribution is 2.47. The number of nitrogens with one attached hydrogen (secondary N) is 1. The van der Waals surface area contributed by atoms with E-state index in [1.54, 1.807) is 0 Å². The molecule has 2 fully saturated rings. The highest BCUT2D eigenvalue weighted by atomic mass is 35.5. The summed E-state index contributed by atoms with van der Waals surface area (Å²) in [5.41, 5.74) is 1.69. The summed E-state index contributed by atoms with van der Waals surface area (Å²) in [5.74, 6) is 0.889. The van der Waals surface area contributed by atoms with E-state index in [0.29, 0.717) is 5.41 Å². The van der Waals surface area contributed by atoms with Crippen LogP contribution in [0.5, 0.6) is 0 Å². The van der Waals surface area contributed by atoms with Crippen LogP contribution < -0.4 is 5.32 Å². The molecule has 98 valence electrons. The number of hydrogen-bond acceptors (Lipinski definition) is 1. The van der Waals surface area contributed by atoms with Gasteiger partial charge in [0.25, 0.3) is 0 Å². The second-order valence-electron chi connectivity index (χ2n) is 6.35. The highest BCUT2D eigenvalue weighted by Gasteiger charge is 2.42. The van der Waals surface area contributed by atoms with Crippen LogP contribution in [0.2, 0.25) is 5.02 Å². The van der Waals surface area contributed by atoms with E-state index < -0.39 is 0 Å². The van der Waals surface area contributed by atoms with Gasteiger partial charge in [0.2, 0.25) is 0 Å². The van der Waals surface area contributed by atoms with Crippen molar-refractivity contribution in [3.05, 3.63) is 34.9 Å². The summed E-state index contributed by atoms with van der Waals surface area (Å²) in [4.78, 5) is 0. The van der Waals surface area contributed by atoms with Gasteiger partial charge in [-0.05, 0) is 55.1 Å². The maximum atomic E-state index is 6.31. The van der Waals surface area contributed by atoms with Crippen molar-refractivity contribution in [2.75, 3.05) is 6.54 Å². The highest BCUT2D eigenvalue weighted by molar-refractivity contribution is 6.31. The second-order valence-corrected chi connectivity index (χ2v) is 6.76. The fraction of sp³-hybridized carbons (Fsp3) is 0.625. The normalized spacial score (nSPS) is 22.8. The van der Waals surface area contributed by atoms with E-state index in [0.717, 1.165) is 29.9 Å². The molecule has 1 unspecified atom stereocenters. The molecule has 0 amide bonds. The molecule has 1 nitrogen and oxygen atoms in total. The number of hydrogen-bond donors (Lipinski definition) is 1. The zero-order valence-electron chi connectivity index (χ0n) is 11.1. The van der Waals surface area contributed by atoms with Crippen LogP contribution in [0.25, 0.3) is 0 Å². The summed E-state index contributed by atoms with van der Waals surface area (Å²) in [7, 11) is 0. The first-order valence-electron chi connectivity index (χ1n) is 7.14. The molecule has 0 bridgehead atoms. The minimum Gasteiger partial charge on any atom is -0.313 e. The van der Waals surface area contributed by atoms with Gasteiger partial charge in [0, 0.05) is 17.6 Å². The van der Waals surface area contributed by atoms with Crippen LogP contribution in [-0.4, -0.2) is 12.6 Å². The monoisotopic (exact) mass is 263 g/mol. The molecule has 0 heterocycles. The molecule has 0 spiro atoms. The maximum absolute atomic E-state index is 6.31. The Morgan fingerprint density at radius 2 is 1.94 bits per heavy atom. The van der Waals surface area contributed by atoms with Crippen LogP contribution >= 0.6 is 11.6 Å². The van der Waals surface area contributed by atoms with E-state index >= 15 is 0 Å². The summed E-state index contributed by atoms with van der Waals surface area (Å²) in [6.07, 6.45) is 6.64. The predicted molar refractivity (Wildman–Crippen MR) is 77.0 cm³/mol. The lowest BCUT2D eigenvalue weighted by Gasteiger charge is -2.31. The predicted octanol–water partition coefficient (Wildman–Crippen LogP) is 4.05. The molecule has 1 N–H and O–H groups in total. The second kappa shape index (κ2) is 4.86. The summed E-state index contributed by atoms with van der Waals surface area (Å²) in [5, 5.41) is 4.64. The van der Waals surface area contributed by atoms with Crippen molar-refractivity contribution in [3.63, 3.8) is 0 Å². The number of halogens is 1. The van der Waals surface area contributed by atoms with Crippen molar-refractivity contribution in [3.8, 4) is 0 Å². The summed E-state index contributed by atoms with van der Waals surface area (Å²) < 4.78 is 0. The first-order chi connectivity index (χ1) is 8.67. The zero-order chi connectivity index (χ0) is 12.6. The SMILES string of the molecule is CC(CNC1CC1)(Cc1ccccc1Cl)C1CC1. The Morgan fingerprint density at radius 3 is 2.56 bits per heavy atom. The Kier molecular flexibility index (Phi) is 3.38. The van der Waals surface area contributed by atoms with Crippen LogP contribution in [0.4, 0.5) is 0 Å². The van der Waals surface area contributed by atoms with E-state index in [4.69, 9.17) is 11.6 Å². The molecule has 2 heteroatoms. The van der Waals surface area contributed by atoms with Crippen molar-refractivity contribution in [1.82, 2.24) is 5.32 Å². The van der Waals surface area contributed by atoms with Gasteiger partial charge in [-0.2, -0.15) is 0 Å². The molecule has 2 aliphatic carbocycles. The Balaban J connectivity index is 1.70. The molecular weight excluding hydrogens is 242 g/mol. The van der Waals surface area contributed by atoms with Crippen molar-refractivity contribution >= 4 is 11.6 Å². The third kappa shape index (κ3) is 2.89. The average molecular weight is 264 g/mol. The quantitative estimate of drug-likeness (QED) is 0.817. The summed E-state index contributed by atoms with van der Waals surface area (Å²) in [6.45, 7) is 3.58. The number of rotatable bonds is 6. The third-order valence-electron chi connectivity index (χ3n) is 4.49. The molecule has 1 aromatic rings. The maximum Gasteiger partial charge on any atom is 0.0438 e. The van der Waals surface area contributed by atoms with Crippen LogP contribution in [0.3, 0.4) is 0 Å². The van der Waals surface area contributed by atoms with E-state index in [1.165, 1.54) is 31.2 Å². The van der Waals surface area contributed by atoms with Crippen LogP contribution in [0.1, 0.15) is 38.2 Å². The lowest BCUT2D eigenvalue weighted by atomic mass is 9.79. The standard InChI is InChI=1S/C16H22ClN/c1-16(13-6-7-13,11-18-14-8-9-14)10-12-4-2-3-5-15(12)17/h2-5,13-14,18H,6-11H2,1H3. The van der Waals surface area contributed by atoms with E-state index in [2.05, 4.69) is 24.4 Å². The summed E-state index contributed by atoms with van der Waals surface area (Å²) in [6, 6.07) is 9.11. The fourth-order valence-corrected chi connectivity index (χ4v) is 3.08. The molecule has 0 aliphatic heterocycles. The van der Waals surface area contributed by atoms with Crippen molar-refractivity contribution in [1.29, 1.82) is 0 Å². The van der Waals surface area contributed by atoms with Crippen molar-refractivity contribution in [2.24, 2.45) is 11.3 Å². The Labute approximate surface area is 115 Å². The Hall–Kier alpha value is -0.530. The molecule has 2 saturated carbocycles. The summed E-state index contributed by atoms with van der Waals surface area (Å²) >= 11 is 6.31.